The number of carboxylic acids is 1. The van der Waals surface area contributed by atoms with E-state index in [1.807, 2.05) is 12.1 Å². The maximum absolute atomic E-state index is 12.0. The van der Waals surface area contributed by atoms with Gasteiger partial charge < -0.3 is 26.0 Å². The van der Waals surface area contributed by atoms with Gasteiger partial charge in [0.2, 0.25) is 0 Å². The first kappa shape index (κ1) is 19.0. The molecule has 0 spiro atoms. The summed E-state index contributed by atoms with van der Waals surface area (Å²) in [6.07, 6.45) is 3.22. The van der Waals surface area contributed by atoms with Crippen LogP contribution in [0, 0.1) is 0 Å². The van der Waals surface area contributed by atoms with E-state index in [2.05, 4.69) is 25.8 Å². The molecule has 0 aliphatic carbocycles. The number of guanidine groups is 1. The van der Waals surface area contributed by atoms with Crippen molar-refractivity contribution < 1.29 is 14.7 Å². The van der Waals surface area contributed by atoms with E-state index in [1.165, 1.54) is 0 Å². The summed E-state index contributed by atoms with van der Waals surface area (Å²) in [5, 5.41) is 18.1. The van der Waals surface area contributed by atoms with Crippen molar-refractivity contribution in [1.82, 2.24) is 16.0 Å². The molecule has 0 bridgehead atoms. The van der Waals surface area contributed by atoms with Crippen LogP contribution in [-0.4, -0.2) is 61.7 Å². The first-order chi connectivity index (χ1) is 13.1. The van der Waals surface area contributed by atoms with Crippen LogP contribution in [0.2, 0.25) is 0 Å². The minimum Gasteiger partial charge on any atom is -0.481 e. The number of aliphatic imine (C=N–C) groups is 1. The first-order valence-corrected chi connectivity index (χ1v) is 9.51. The van der Waals surface area contributed by atoms with E-state index in [4.69, 9.17) is 5.11 Å². The van der Waals surface area contributed by atoms with E-state index in [1.54, 1.807) is 12.1 Å². The number of nitrogens with one attached hydrogen (secondary N) is 3. The molecule has 1 aromatic carbocycles. The van der Waals surface area contributed by atoms with Crippen molar-refractivity contribution in [3.8, 4) is 0 Å². The van der Waals surface area contributed by atoms with Crippen LogP contribution in [-0.2, 0) is 4.79 Å². The third-order valence-corrected chi connectivity index (χ3v) is 4.78. The smallest absolute Gasteiger partial charge is 0.305 e. The molecule has 8 heteroatoms. The highest BCUT2D eigenvalue weighted by Crippen LogP contribution is 2.20. The Morgan fingerprint density at radius 1 is 1.26 bits per heavy atom. The minimum atomic E-state index is -0.923. The van der Waals surface area contributed by atoms with Gasteiger partial charge in [0.05, 0.1) is 6.42 Å². The van der Waals surface area contributed by atoms with Crippen molar-refractivity contribution in [2.45, 2.75) is 31.7 Å². The average molecular weight is 373 g/mol. The molecule has 2 aliphatic heterocycles. The molecule has 1 saturated heterocycles. The summed E-state index contributed by atoms with van der Waals surface area (Å²) in [5.41, 5.74) is 1.62. The zero-order valence-electron chi connectivity index (χ0n) is 15.4. The van der Waals surface area contributed by atoms with E-state index in [0.29, 0.717) is 11.6 Å². The number of aliphatic carboxylic acids is 1. The maximum Gasteiger partial charge on any atom is 0.305 e. The fourth-order valence-corrected chi connectivity index (χ4v) is 3.36. The SMILES string of the molecule is O=C(O)CCNC(=O)c1ccc(N2CCC[C@H](NC3=NCCCN3)C2)cc1. The van der Waals surface area contributed by atoms with Gasteiger partial charge in [-0.15, -0.1) is 0 Å². The second-order valence-corrected chi connectivity index (χ2v) is 6.89. The fraction of sp³-hybridized carbons (Fsp3) is 0.526. The third kappa shape index (κ3) is 5.60. The highest BCUT2D eigenvalue weighted by molar-refractivity contribution is 5.94. The lowest BCUT2D eigenvalue weighted by Crippen LogP contribution is -2.52. The summed E-state index contributed by atoms with van der Waals surface area (Å²) >= 11 is 0. The van der Waals surface area contributed by atoms with Gasteiger partial charge in [-0.2, -0.15) is 0 Å². The summed E-state index contributed by atoms with van der Waals surface area (Å²) in [7, 11) is 0. The monoisotopic (exact) mass is 373 g/mol. The number of rotatable bonds is 6. The Morgan fingerprint density at radius 3 is 2.78 bits per heavy atom. The van der Waals surface area contributed by atoms with Gasteiger partial charge in [0.25, 0.3) is 5.91 Å². The molecule has 2 heterocycles. The van der Waals surface area contributed by atoms with Crippen molar-refractivity contribution in [1.29, 1.82) is 0 Å². The van der Waals surface area contributed by atoms with E-state index < -0.39 is 5.97 Å². The molecule has 8 nitrogen and oxygen atoms in total. The Labute approximate surface area is 159 Å². The minimum absolute atomic E-state index is 0.0772. The first-order valence-electron chi connectivity index (χ1n) is 9.51. The molecule has 0 unspecified atom stereocenters. The molecule has 146 valence electrons. The Balaban J connectivity index is 1.53. The molecule has 1 atom stereocenters. The van der Waals surface area contributed by atoms with Crippen LogP contribution in [0.5, 0.6) is 0 Å². The molecular weight excluding hydrogens is 346 g/mol. The highest BCUT2D eigenvalue weighted by Gasteiger charge is 2.21. The second-order valence-electron chi connectivity index (χ2n) is 6.89. The van der Waals surface area contributed by atoms with Crippen LogP contribution in [0.1, 0.15) is 36.0 Å². The fourth-order valence-electron chi connectivity index (χ4n) is 3.36. The quantitative estimate of drug-likeness (QED) is 0.588. The molecular formula is C19H27N5O3. The number of carbonyl (C=O) groups excluding carboxylic acids is 1. The molecule has 0 saturated carbocycles. The molecule has 1 fully saturated rings. The largest absolute Gasteiger partial charge is 0.481 e. The number of benzene rings is 1. The number of hydrogen-bond acceptors (Lipinski definition) is 6. The van der Waals surface area contributed by atoms with Gasteiger partial charge in [0.1, 0.15) is 0 Å². The number of piperidine rings is 1. The zero-order valence-corrected chi connectivity index (χ0v) is 15.4. The molecule has 2 aliphatic rings. The van der Waals surface area contributed by atoms with Gasteiger partial charge in [-0.25, -0.2) is 0 Å². The van der Waals surface area contributed by atoms with Crippen LogP contribution >= 0.6 is 0 Å². The third-order valence-electron chi connectivity index (χ3n) is 4.78. The Kier molecular flexibility index (Phi) is 6.51. The van der Waals surface area contributed by atoms with Crippen molar-refractivity contribution >= 4 is 23.5 Å². The summed E-state index contributed by atoms with van der Waals surface area (Å²) in [6.45, 7) is 3.86. The molecule has 27 heavy (non-hydrogen) atoms. The highest BCUT2D eigenvalue weighted by atomic mass is 16.4. The van der Waals surface area contributed by atoms with Gasteiger partial charge in [-0.05, 0) is 43.5 Å². The van der Waals surface area contributed by atoms with Crippen molar-refractivity contribution in [2.75, 3.05) is 37.6 Å². The van der Waals surface area contributed by atoms with E-state index in [0.717, 1.165) is 57.1 Å². The zero-order chi connectivity index (χ0) is 19.1. The number of carbonyl (C=O) groups is 2. The van der Waals surface area contributed by atoms with Crippen molar-refractivity contribution in [3.05, 3.63) is 29.8 Å². The van der Waals surface area contributed by atoms with E-state index in [-0.39, 0.29) is 18.9 Å². The summed E-state index contributed by atoms with van der Waals surface area (Å²) in [6, 6.07) is 7.82. The van der Waals surface area contributed by atoms with Crippen LogP contribution in [0.4, 0.5) is 5.69 Å². The van der Waals surface area contributed by atoms with Crippen LogP contribution in [0.25, 0.3) is 0 Å². The van der Waals surface area contributed by atoms with Gasteiger partial charge >= 0.3 is 5.97 Å². The standard InChI is InChI=1S/C19H27N5O3/c25-17(26)8-11-20-18(27)14-4-6-16(7-5-14)24-12-1-3-15(13-24)23-19-21-9-2-10-22-19/h4-7,15H,1-3,8-13H2,(H,20,27)(H,25,26)(H2,21,22,23)/t15-/m0/s1. The van der Waals surface area contributed by atoms with Crippen molar-refractivity contribution in [3.63, 3.8) is 0 Å². The van der Waals surface area contributed by atoms with Gasteiger partial charge in [-0.1, -0.05) is 0 Å². The normalized spacial score (nSPS) is 19.6. The molecule has 3 rings (SSSR count). The molecule has 4 N–H and O–H groups in total. The van der Waals surface area contributed by atoms with Crippen molar-refractivity contribution in [2.24, 2.45) is 4.99 Å². The number of hydrogen-bond donors (Lipinski definition) is 4. The van der Waals surface area contributed by atoms with Crippen LogP contribution in [0.3, 0.4) is 0 Å². The lowest BCUT2D eigenvalue weighted by Gasteiger charge is -2.35. The lowest BCUT2D eigenvalue weighted by molar-refractivity contribution is -0.136. The Hall–Kier alpha value is -2.77. The average Bonchev–Trinajstić information content (AvgIpc) is 2.69. The Bertz CT molecular complexity index is 689. The second kappa shape index (κ2) is 9.25. The molecule has 0 aromatic heterocycles. The topological polar surface area (TPSA) is 106 Å². The summed E-state index contributed by atoms with van der Waals surface area (Å²) in [5.74, 6) is -0.267. The molecule has 1 aromatic rings. The van der Waals surface area contributed by atoms with Gasteiger partial charge in [0.15, 0.2) is 5.96 Å². The number of anilines is 1. The molecule has 0 radical (unpaired) electrons. The van der Waals surface area contributed by atoms with Gasteiger partial charge in [0, 0.05) is 50.0 Å². The number of amides is 1. The lowest BCUT2D eigenvalue weighted by atomic mass is 10.0. The summed E-state index contributed by atoms with van der Waals surface area (Å²) in [4.78, 5) is 29.4. The predicted octanol–water partition coefficient (Wildman–Crippen LogP) is 0.799. The Morgan fingerprint density at radius 2 is 2.07 bits per heavy atom. The predicted molar refractivity (Wildman–Crippen MR) is 104 cm³/mol. The van der Waals surface area contributed by atoms with E-state index >= 15 is 0 Å². The van der Waals surface area contributed by atoms with Crippen LogP contribution in [0.15, 0.2) is 29.3 Å². The summed E-state index contributed by atoms with van der Waals surface area (Å²) < 4.78 is 0. The molecule has 1 amide bonds. The maximum atomic E-state index is 12.0. The number of nitrogens with zero attached hydrogens (tertiary/aromatic N) is 2. The van der Waals surface area contributed by atoms with Gasteiger partial charge in [-0.3, -0.25) is 14.6 Å². The van der Waals surface area contributed by atoms with Crippen LogP contribution < -0.4 is 20.9 Å². The van der Waals surface area contributed by atoms with E-state index in [9.17, 15) is 9.59 Å². The number of carboxylic acid groups (broad SMARTS) is 1.